The SMILES string of the molecule is CN(C(=O)OC(C)(C)C)[C@H]1CCC(=O)C1. The van der Waals surface area contributed by atoms with Crippen LogP contribution in [0.1, 0.15) is 40.0 Å². The zero-order valence-electron chi connectivity index (χ0n) is 9.87. The van der Waals surface area contributed by atoms with Crippen LogP contribution in [0.2, 0.25) is 0 Å². The second kappa shape index (κ2) is 4.21. The van der Waals surface area contributed by atoms with Crippen LogP contribution in [-0.4, -0.2) is 35.5 Å². The molecule has 0 aliphatic heterocycles. The van der Waals surface area contributed by atoms with Crippen molar-refractivity contribution in [3.63, 3.8) is 0 Å². The van der Waals surface area contributed by atoms with E-state index in [4.69, 9.17) is 4.74 Å². The third-order valence-electron chi connectivity index (χ3n) is 2.45. The average molecular weight is 213 g/mol. The summed E-state index contributed by atoms with van der Waals surface area (Å²) in [6, 6.07) is 0.0207. The minimum Gasteiger partial charge on any atom is -0.444 e. The fraction of sp³-hybridized carbons (Fsp3) is 0.818. The van der Waals surface area contributed by atoms with Crippen LogP contribution < -0.4 is 0 Å². The zero-order valence-corrected chi connectivity index (χ0v) is 9.87. The van der Waals surface area contributed by atoms with E-state index in [0.29, 0.717) is 12.8 Å². The second-order valence-electron chi connectivity index (χ2n) is 5.03. The highest BCUT2D eigenvalue weighted by Gasteiger charge is 2.30. The largest absolute Gasteiger partial charge is 0.444 e. The number of carbonyl (C=O) groups excluding carboxylic acids is 2. The molecule has 4 heteroatoms. The van der Waals surface area contributed by atoms with Crippen molar-refractivity contribution in [1.82, 2.24) is 4.90 Å². The maximum atomic E-state index is 11.6. The highest BCUT2D eigenvalue weighted by atomic mass is 16.6. The Morgan fingerprint density at radius 1 is 1.47 bits per heavy atom. The molecule has 15 heavy (non-hydrogen) atoms. The highest BCUT2D eigenvalue weighted by molar-refractivity contribution is 5.82. The molecule has 1 atom stereocenters. The van der Waals surface area contributed by atoms with E-state index in [2.05, 4.69) is 0 Å². The fourth-order valence-corrected chi connectivity index (χ4v) is 1.61. The summed E-state index contributed by atoms with van der Waals surface area (Å²) in [4.78, 5) is 24.3. The first-order valence-electron chi connectivity index (χ1n) is 5.27. The van der Waals surface area contributed by atoms with Gasteiger partial charge >= 0.3 is 6.09 Å². The van der Waals surface area contributed by atoms with Crippen molar-refractivity contribution >= 4 is 11.9 Å². The van der Waals surface area contributed by atoms with Crippen molar-refractivity contribution in [1.29, 1.82) is 0 Å². The fourth-order valence-electron chi connectivity index (χ4n) is 1.61. The van der Waals surface area contributed by atoms with Crippen molar-refractivity contribution in [3.8, 4) is 0 Å². The van der Waals surface area contributed by atoms with Gasteiger partial charge in [0.25, 0.3) is 0 Å². The molecule has 0 aromatic rings. The summed E-state index contributed by atoms with van der Waals surface area (Å²) in [7, 11) is 1.69. The van der Waals surface area contributed by atoms with Crippen LogP contribution >= 0.6 is 0 Å². The van der Waals surface area contributed by atoms with Crippen LogP contribution in [0.3, 0.4) is 0 Å². The summed E-state index contributed by atoms with van der Waals surface area (Å²) >= 11 is 0. The number of Topliss-reactive ketones (excluding diaryl/α,β-unsaturated/α-hetero) is 1. The summed E-state index contributed by atoms with van der Waals surface area (Å²) in [6.07, 6.45) is 1.46. The summed E-state index contributed by atoms with van der Waals surface area (Å²) in [5.74, 6) is 0.232. The third kappa shape index (κ3) is 3.53. The molecule has 0 heterocycles. The molecule has 1 saturated carbocycles. The van der Waals surface area contributed by atoms with Crippen LogP contribution in [-0.2, 0) is 9.53 Å². The van der Waals surface area contributed by atoms with Crippen molar-refractivity contribution in [2.45, 2.75) is 51.7 Å². The van der Waals surface area contributed by atoms with E-state index < -0.39 is 5.60 Å². The van der Waals surface area contributed by atoms with Crippen molar-refractivity contribution in [2.75, 3.05) is 7.05 Å². The van der Waals surface area contributed by atoms with Crippen LogP contribution in [0.15, 0.2) is 0 Å². The molecule has 0 bridgehead atoms. The molecule has 0 N–H and O–H groups in total. The normalized spacial score (nSPS) is 21.6. The standard InChI is InChI=1S/C11H19NO3/c1-11(2,3)15-10(14)12(4)8-5-6-9(13)7-8/h8H,5-7H2,1-4H3/t8-/m0/s1. The van der Waals surface area contributed by atoms with Gasteiger partial charge in [0.15, 0.2) is 0 Å². The molecule has 86 valence electrons. The lowest BCUT2D eigenvalue weighted by molar-refractivity contribution is -0.117. The van der Waals surface area contributed by atoms with Crippen molar-refractivity contribution < 1.29 is 14.3 Å². The molecular weight excluding hydrogens is 194 g/mol. The molecule has 1 aliphatic rings. The number of hydrogen-bond donors (Lipinski definition) is 0. The van der Waals surface area contributed by atoms with Gasteiger partial charge in [0, 0.05) is 25.9 Å². The predicted molar refractivity (Wildman–Crippen MR) is 56.6 cm³/mol. The Bertz CT molecular complexity index is 267. The quantitative estimate of drug-likeness (QED) is 0.669. The lowest BCUT2D eigenvalue weighted by Gasteiger charge is -2.28. The Balaban J connectivity index is 2.50. The first kappa shape index (κ1) is 12.0. The van der Waals surface area contributed by atoms with Gasteiger partial charge < -0.3 is 9.64 Å². The number of ether oxygens (including phenoxy) is 1. The Labute approximate surface area is 90.6 Å². The van der Waals surface area contributed by atoms with Gasteiger partial charge in [-0.3, -0.25) is 4.79 Å². The second-order valence-corrected chi connectivity index (χ2v) is 5.03. The lowest BCUT2D eigenvalue weighted by Crippen LogP contribution is -2.39. The average Bonchev–Trinajstić information content (AvgIpc) is 2.47. The third-order valence-corrected chi connectivity index (χ3v) is 2.45. The highest BCUT2D eigenvalue weighted by Crippen LogP contribution is 2.21. The van der Waals surface area contributed by atoms with Gasteiger partial charge in [-0.1, -0.05) is 0 Å². The van der Waals surface area contributed by atoms with Gasteiger partial charge in [0.05, 0.1) is 0 Å². The lowest BCUT2D eigenvalue weighted by atomic mass is 10.2. The van der Waals surface area contributed by atoms with Crippen LogP contribution in [0.4, 0.5) is 4.79 Å². The summed E-state index contributed by atoms with van der Waals surface area (Å²) in [5.41, 5.74) is -0.478. The van der Waals surface area contributed by atoms with E-state index in [9.17, 15) is 9.59 Å². The molecule has 4 nitrogen and oxygen atoms in total. The maximum absolute atomic E-state index is 11.6. The van der Waals surface area contributed by atoms with Gasteiger partial charge in [-0.15, -0.1) is 0 Å². The molecule has 0 saturated heterocycles. The number of nitrogens with zero attached hydrogens (tertiary/aromatic N) is 1. The topological polar surface area (TPSA) is 46.6 Å². The molecule has 0 spiro atoms. The van der Waals surface area contributed by atoms with Crippen LogP contribution in [0, 0.1) is 0 Å². The summed E-state index contributed by atoms with van der Waals surface area (Å²) in [5, 5.41) is 0. The molecule has 1 amide bonds. The number of hydrogen-bond acceptors (Lipinski definition) is 3. The van der Waals surface area contributed by atoms with E-state index in [0.717, 1.165) is 6.42 Å². The van der Waals surface area contributed by atoms with Gasteiger partial charge in [-0.2, -0.15) is 0 Å². The first-order valence-corrected chi connectivity index (χ1v) is 5.27. The Morgan fingerprint density at radius 3 is 2.47 bits per heavy atom. The zero-order chi connectivity index (χ0) is 11.6. The molecule has 0 aromatic carbocycles. The number of amides is 1. The number of rotatable bonds is 1. The number of carbonyl (C=O) groups is 2. The van der Waals surface area contributed by atoms with Crippen molar-refractivity contribution in [2.24, 2.45) is 0 Å². The molecular formula is C11H19NO3. The van der Waals surface area contributed by atoms with E-state index in [-0.39, 0.29) is 17.9 Å². The predicted octanol–water partition coefficient (Wildman–Crippen LogP) is 1.97. The monoisotopic (exact) mass is 213 g/mol. The smallest absolute Gasteiger partial charge is 0.410 e. The van der Waals surface area contributed by atoms with Gasteiger partial charge in [0.2, 0.25) is 0 Å². The minimum absolute atomic E-state index is 0.0207. The van der Waals surface area contributed by atoms with E-state index in [1.165, 1.54) is 4.90 Å². The van der Waals surface area contributed by atoms with Gasteiger partial charge in [0.1, 0.15) is 11.4 Å². The van der Waals surface area contributed by atoms with E-state index >= 15 is 0 Å². The maximum Gasteiger partial charge on any atom is 0.410 e. The van der Waals surface area contributed by atoms with Crippen LogP contribution in [0.25, 0.3) is 0 Å². The number of ketones is 1. The van der Waals surface area contributed by atoms with E-state index in [1.807, 2.05) is 20.8 Å². The summed E-state index contributed by atoms with van der Waals surface area (Å²) in [6.45, 7) is 5.50. The molecule has 1 fully saturated rings. The van der Waals surface area contributed by atoms with Crippen molar-refractivity contribution in [3.05, 3.63) is 0 Å². The summed E-state index contributed by atoms with van der Waals surface area (Å²) < 4.78 is 5.22. The molecule has 0 radical (unpaired) electrons. The molecule has 0 unspecified atom stereocenters. The molecule has 1 rings (SSSR count). The molecule has 1 aliphatic carbocycles. The minimum atomic E-state index is -0.478. The van der Waals surface area contributed by atoms with Gasteiger partial charge in [-0.25, -0.2) is 4.79 Å². The van der Waals surface area contributed by atoms with E-state index in [1.54, 1.807) is 7.05 Å². The Kier molecular flexibility index (Phi) is 3.37. The van der Waals surface area contributed by atoms with Crippen LogP contribution in [0.5, 0.6) is 0 Å². The Hall–Kier alpha value is -1.06. The van der Waals surface area contributed by atoms with Gasteiger partial charge in [-0.05, 0) is 27.2 Å². The first-order chi connectivity index (χ1) is 6.79. The molecule has 0 aromatic heterocycles. The Morgan fingerprint density at radius 2 is 2.07 bits per heavy atom.